The Labute approximate surface area is 221 Å². The van der Waals surface area contributed by atoms with Gasteiger partial charge in [0, 0.05) is 41.6 Å². The largest absolute Gasteiger partial charge is 0.438 e. The molecule has 6 aromatic rings. The van der Waals surface area contributed by atoms with Gasteiger partial charge >= 0.3 is 0 Å². The Bertz CT molecular complexity index is 1700. The van der Waals surface area contributed by atoms with Crippen LogP contribution in [0.2, 0.25) is 0 Å². The van der Waals surface area contributed by atoms with E-state index in [0.717, 1.165) is 56.8 Å². The zero-order chi connectivity index (χ0) is 25.7. The highest BCUT2D eigenvalue weighted by Crippen LogP contribution is 2.31. The van der Waals surface area contributed by atoms with Gasteiger partial charge in [-0.05, 0) is 35.9 Å². The van der Waals surface area contributed by atoms with Crippen LogP contribution in [0.4, 0.5) is 0 Å². The van der Waals surface area contributed by atoms with Crippen LogP contribution in [0.15, 0.2) is 109 Å². The van der Waals surface area contributed by atoms with Crippen molar-refractivity contribution in [1.29, 1.82) is 0 Å². The number of ether oxygens (including phenoxy) is 1. The molecule has 0 unspecified atom stereocenters. The van der Waals surface area contributed by atoms with Gasteiger partial charge in [0.15, 0.2) is 0 Å². The first-order valence-corrected chi connectivity index (χ1v) is 12.6. The normalized spacial score (nSPS) is 11.0. The number of aromatic nitrogens is 5. The third-order valence-electron chi connectivity index (χ3n) is 6.39. The topological polar surface area (TPSA) is 73.7 Å². The first kappa shape index (κ1) is 23.4. The van der Waals surface area contributed by atoms with E-state index < -0.39 is 0 Å². The Morgan fingerprint density at radius 1 is 0.684 bits per heavy atom. The number of pyridine rings is 1. The van der Waals surface area contributed by atoms with Gasteiger partial charge in [0.25, 0.3) is 0 Å². The third kappa shape index (κ3) is 4.84. The first-order chi connectivity index (χ1) is 18.8. The summed E-state index contributed by atoms with van der Waals surface area (Å²) >= 11 is 0. The molecule has 6 rings (SSSR count). The van der Waals surface area contributed by atoms with Crippen LogP contribution in [0.1, 0.15) is 24.0 Å². The molecule has 0 radical (unpaired) electrons. The Morgan fingerprint density at radius 3 is 2.29 bits per heavy atom. The van der Waals surface area contributed by atoms with Gasteiger partial charge in [-0.15, -0.1) is 5.10 Å². The quantitative estimate of drug-likeness (QED) is 0.235. The van der Waals surface area contributed by atoms with Crippen LogP contribution in [0, 0.1) is 0 Å². The minimum absolute atomic E-state index is 0.509. The number of nitrogens with zero attached hydrogens (tertiary/aromatic N) is 5. The highest BCUT2D eigenvalue weighted by Gasteiger charge is 2.13. The van der Waals surface area contributed by atoms with E-state index >= 15 is 0 Å². The predicted molar refractivity (Wildman–Crippen MR) is 149 cm³/mol. The molecule has 3 heterocycles. The molecule has 0 saturated heterocycles. The van der Waals surface area contributed by atoms with Crippen LogP contribution >= 0.6 is 0 Å². The van der Waals surface area contributed by atoms with Gasteiger partial charge in [-0.2, -0.15) is 5.10 Å². The molecule has 0 aliphatic heterocycles. The number of hydrogen-bond acceptors (Lipinski definition) is 6. The summed E-state index contributed by atoms with van der Waals surface area (Å²) in [6, 6.07) is 32.2. The van der Waals surface area contributed by atoms with Crippen molar-refractivity contribution in [2.24, 2.45) is 0 Å². The lowest BCUT2D eigenvalue weighted by Gasteiger charge is -2.11. The van der Waals surface area contributed by atoms with Gasteiger partial charge in [-0.25, -0.2) is 15.0 Å². The van der Waals surface area contributed by atoms with Crippen molar-refractivity contribution in [3.63, 3.8) is 0 Å². The van der Waals surface area contributed by atoms with Crippen molar-refractivity contribution in [2.45, 2.75) is 19.8 Å². The van der Waals surface area contributed by atoms with Crippen LogP contribution in [-0.4, -0.2) is 25.1 Å². The standard InChI is InChI=1S/C32H25N5O/c1-2-30-33-20-18-28(35-30)27-13-8-19-34-32(27)38-24-16-14-22(15-17-24)21-29-25-11-6-7-12-26(25)31(37-36-29)23-9-4-3-5-10-23/h3-20H,2,21H2,1H3. The summed E-state index contributed by atoms with van der Waals surface area (Å²) in [7, 11) is 0. The summed E-state index contributed by atoms with van der Waals surface area (Å²) in [5.41, 5.74) is 5.64. The number of hydrogen-bond donors (Lipinski definition) is 0. The molecule has 0 fully saturated rings. The molecule has 3 aromatic heterocycles. The molecule has 0 N–H and O–H groups in total. The lowest BCUT2D eigenvalue weighted by atomic mass is 10.0. The van der Waals surface area contributed by atoms with E-state index in [1.54, 1.807) is 12.4 Å². The van der Waals surface area contributed by atoms with Crippen LogP contribution < -0.4 is 4.74 Å². The smallest absolute Gasteiger partial charge is 0.228 e. The monoisotopic (exact) mass is 495 g/mol. The van der Waals surface area contributed by atoms with Gasteiger partial charge in [-0.3, -0.25) is 0 Å². The van der Waals surface area contributed by atoms with Crippen molar-refractivity contribution in [2.75, 3.05) is 0 Å². The van der Waals surface area contributed by atoms with Crippen molar-refractivity contribution in [3.8, 4) is 34.1 Å². The van der Waals surface area contributed by atoms with Crippen molar-refractivity contribution in [3.05, 3.63) is 127 Å². The van der Waals surface area contributed by atoms with Gasteiger partial charge in [0.1, 0.15) is 17.3 Å². The molecular formula is C32H25N5O. The SMILES string of the molecule is CCc1nccc(-c2cccnc2Oc2ccc(Cc3nnc(-c4ccccc4)c4ccccc34)cc2)n1. The van der Waals surface area contributed by atoms with Crippen molar-refractivity contribution in [1.82, 2.24) is 25.1 Å². The maximum absolute atomic E-state index is 6.18. The van der Waals surface area contributed by atoms with Crippen LogP contribution in [0.5, 0.6) is 11.6 Å². The van der Waals surface area contributed by atoms with E-state index in [0.29, 0.717) is 18.1 Å². The molecule has 0 spiro atoms. The van der Waals surface area contributed by atoms with Crippen LogP contribution in [-0.2, 0) is 12.8 Å². The van der Waals surface area contributed by atoms with Gasteiger partial charge in [-0.1, -0.05) is 73.7 Å². The Balaban J connectivity index is 1.25. The van der Waals surface area contributed by atoms with E-state index in [4.69, 9.17) is 4.74 Å². The summed E-state index contributed by atoms with van der Waals surface area (Å²) in [6.45, 7) is 2.04. The fourth-order valence-corrected chi connectivity index (χ4v) is 4.47. The minimum atomic E-state index is 0.509. The van der Waals surface area contributed by atoms with Crippen LogP contribution in [0.25, 0.3) is 33.3 Å². The maximum atomic E-state index is 6.18. The Kier molecular flexibility index (Phi) is 6.51. The number of rotatable bonds is 7. The Hall–Kier alpha value is -4.97. The summed E-state index contributed by atoms with van der Waals surface area (Å²) in [5, 5.41) is 11.4. The summed E-state index contributed by atoms with van der Waals surface area (Å²) in [5.74, 6) is 2.00. The first-order valence-electron chi connectivity index (χ1n) is 12.6. The molecule has 0 amide bonds. The van der Waals surface area contributed by atoms with E-state index in [2.05, 4.69) is 61.5 Å². The van der Waals surface area contributed by atoms with Crippen molar-refractivity contribution >= 4 is 10.8 Å². The average Bonchev–Trinajstić information content (AvgIpc) is 2.99. The van der Waals surface area contributed by atoms with E-state index in [9.17, 15) is 0 Å². The van der Waals surface area contributed by atoms with Crippen molar-refractivity contribution < 1.29 is 4.74 Å². The molecule has 6 nitrogen and oxygen atoms in total. The fraction of sp³-hybridized carbons (Fsp3) is 0.0938. The molecule has 0 aliphatic carbocycles. The summed E-state index contributed by atoms with van der Waals surface area (Å²) < 4.78 is 6.18. The average molecular weight is 496 g/mol. The summed E-state index contributed by atoms with van der Waals surface area (Å²) in [6.07, 6.45) is 4.92. The molecule has 38 heavy (non-hydrogen) atoms. The molecule has 0 saturated carbocycles. The molecule has 184 valence electrons. The van der Waals surface area contributed by atoms with Gasteiger partial charge in [0.2, 0.25) is 5.88 Å². The summed E-state index contributed by atoms with van der Waals surface area (Å²) in [4.78, 5) is 13.4. The maximum Gasteiger partial charge on any atom is 0.228 e. The third-order valence-corrected chi connectivity index (χ3v) is 6.39. The minimum Gasteiger partial charge on any atom is -0.438 e. The molecule has 0 aliphatic rings. The second-order valence-electron chi connectivity index (χ2n) is 8.90. The van der Waals surface area contributed by atoms with Crippen LogP contribution in [0.3, 0.4) is 0 Å². The molecule has 0 atom stereocenters. The highest BCUT2D eigenvalue weighted by atomic mass is 16.5. The van der Waals surface area contributed by atoms with Gasteiger partial charge < -0.3 is 4.74 Å². The second-order valence-corrected chi connectivity index (χ2v) is 8.90. The molecule has 3 aromatic carbocycles. The lowest BCUT2D eigenvalue weighted by Crippen LogP contribution is -1.99. The molecule has 6 heteroatoms. The number of fused-ring (bicyclic) bond motifs is 1. The molecule has 0 bridgehead atoms. The molecular weight excluding hydrogens is 470 g/mol. The second kappa shape index (κ2) is 10.6. The fourth-order valence-electron chi connectivity index (χ4n) is 4.47. The number of benzene rings is 3. The zero-order valence-electron chi connectivity index (χ0n) is 21.0. The zero-order valence-corrected chi connectivity index (χ0v) is 21.0. The van der Waals surface area contributed by atoms with E-state index in [1.807, 2.05) is 67.6 Å². The lowest BCUT2D eigenvalue weighted by molar-refractivity contribution is 0.464. The Morgan fingerprint density at radius 2 is 1.47 bits per heavy atom. The highest BCUT2D eigenvalue weighted by molar-refractivity contribution is 5.95. The van der Waals surface area contributed by atoms with Gasteiger partial charge in [0.05, 0.1) is 17.0 Å². The van der Waals surface area contributed by atoms with E-state index in [-0.39, 0.29) is 0 Å². The predicted octanol–water partition coefficient (Wildman–Crippen LogP) is 7.09. The number of aryl methyl sites for hydroxylation is 1. The van der Waals surface area contributed by atoms with E-state index in [1.165, 1.54) is 0 Å².